The smallest absolute Gasteiger partial charge is 0.169 e. The zero-order valence-corrected chi connectivity index (χ0v) is 10.9. The van der Waals surface area contributed by atoms with Crippen LogP contribution in [0, 0.1) is 2.88 Å². The average Bonchev–Trinajstić information content (AvgIpc) is 2.75. The van der Waals surface area contributed by atoms with Crippen molar-refractivity contribution < 1.29 is 4.79 Å². The molecule has 0 unspecified atom stereocenters. The third-order valence-corrected chi connectivity index (χ3v) is 3.67. The van der Waals surface area contributed by atoms with Crippen molar-refractivity contribution in [2.75, 3.05) is 0 Å². The van der Waals surface area contributed by atoms with Gasteiger partial charge in [0.05, 0.1) is 15.0 Å². The van der Waals surface area contributed by atoms with Crippen molar-refractivity contribution >= 4 is 39.7 Å². The van der Waals surface area contributed by atoms with Gasteiger partial charge < -0.3 is 0 Å². The maximum atomic E-state index is 11.8. The molecule has 2 aromatic heterocycles. The Morgan fingerprint density at radius 1 is 1.67 bits per heavy atom. The Bertz CT molecular complexity index is 491. The van der Waals surface area contributed by atoms with Crippen molar-refractivity contribution in [2.24, 2.45) is 7.05 Å². The van der Waals surface area contributed by atoms with Gasteiger partial charge in [0.2, 0.25) is 0 Å². The lowest BCUT2D eigenvalue weighted by Gasteiger charge is -1.92. The van der Waals surface area contributed by atoms with E-state index in [1.54, 1.807) is 29.3 Å². The van der Waals surface area contributed by atoms with E-state index in [9.17, 15) is 4.79 Å². The molecule has 0 radical (unpaired) electrons. The minimum absolute atomic E-state index is 0.0923. The average molecular weight is 333 g/mol. The van der Waals surface area contributed by atoms with E-state index < -0.39 is 0 Å². The summed E-state index contributed by atoms with van der Waals surface area (Å²) in [6, 6.07) is 1.89. The zero-order valence-electron chi connectivity index (χ0n) is 7.98. The van der Waals surface area contributed by atoms with Crippen LogP contribution in [0.3, 0.4) is 0 Å². The molecule has 78 valence electrons. The van der Waals surface area contributed by atoms with Crippen molar-refractivity contribution in [2.45, 2.75) is 6.42 Å². The van der Waals surface area contributed by atoms with E-state index in [0.29, 0.717) is 12.1 Å². The molecule has 0 bridgehead atoms. The number of Topliss-reactive ketones (excluding diaryl/α,β-unsaturated/α-hetero) is 1. The molecule has 4 nitrogen and oxygen atoms in total. The van der Waals surface area contributed by atoms with E-state index in [0.717, 1.165) is 8.45 Å². The molecule has 6 heteroatoms. The first kappa shape index (κ1) is 10.7. The Hall–Kier alpha value is -0.760. The van der Waals surface area contributed by atoms with Crippen LogP contribution in [-0.2, 0) is 13.5 Å². The minimum Gasteiger partial charge on any atom is -0.294 e. The van der Waals surface area contributed by atoms with Gasteiger partial charge >= 0.3 is 0 Å². The standard InChI is InChI=1S/C9H8IN3OS/c1-13-4-7(11-12-13)3-8(14)6-2-9(10)15-5-6/h2,4-5H,3H2,1H3. The lowest BCUT2D eigenvalue weighted by molar-refractivity contribution is 0.0992. The van der Waals surface area contributed by atoms with Gasteiger partial charge in [0.25, 0.3) is 0 Å². The molecule has 0 aliphatic heterocycles. The van der Waals surface area contributed by atoms with E-state index in [1.165, 1.54) is 0 Å². The highest BCUT2D eigenvalue weighted by molar-refractivity contribution is 14.1. The third kappa shape index (κ3) is 2.63. The second kappa shape index (κ2) is 4.40. The summed E-state index contributed by atoms with van der Waals surface area (Å²) in [5, 5.41) is 9.54. The SMILES string of the molecule is Cn1cc(CC(=O)c2csc(I)c2)nn1. The zero-order chi connectivity index (χ0) is 10.8. The van der Waals surface area contributed by atoms with Gasteiger partial charge in [0, 0.05) is 24.2 Å². The van der Waals surface area contributed by atoms with Gasteiger partial charge in [0.1, 0.15) is 0 Å². The molecule has 2 aromatic rings. The number of ketones is 1. The van der Waals surface area contributed by atoms with Gasteiger partial charge in [-0.05, 0) is 28.7 Å². The van der Waals surface area contributed by atoms with Crippen molar-refractivity contribution in [3.63, 3.8) is 0 Å². The summed E-state index contributed by atoms with van der Waals surface area (Å²) in [6.45, 7) is 0. The Labute approximate surface area is 104 Å². The highest BCUT2D eigenvalue weighted by Gasteiger charge is 2.10. The van der Waals surface area contributed by atoms with Crippen LogP contribution >= 0.6 is 33.9 Å². The Kier molecular flexibility index (Phi) is 3.15. The van der Waals surface area contributed by atoms with E-state index in [1.807, 2.05) is 11.4 Å². The highest BCUT2D eigenvalue weighted by atomic mass is 127. The summed E-state index contributed by atoms with van der Waals surface area (Å²) in [5.74, 6) is 0.0923. The maximum absolute atomic E-state index is 11.8. The van der Waals surface area contributed by atoms with Gasteiger partial charge in [-0.25, -0.2) is 0 Å². The van der Waals surface area contributed by atoms with E-state index >= 15 is 0 Å². The van der Waals surface area contributed by atoms with Crippen LogP contribution in [0.25, 0.3) is 0 Å². The molecule has 0 N–H and O–H groups in total. The van der Waals surface area contributed by atoms with Crippen molar-refractivity contribution in [3.8, 4) is 0 Å². The second-order valence-corrected chi connectivity index (χ2v) is 5.93. The fourth-order valence-corrected chi connectivity index (χ4v) is 2.55. The predicted molar refractivity (Wildman–Crippen MR) is 66.1 cm³/mol. The van der Waals surface area contributed by atoms with E-state index in [4.69, 9.17) is 0 Å². The molecule has 0 aliphatic rings. The number of carbonyl (C=O) groups excluding carboxylic acids is 1. The monoisotopic (exact) mass is 333 g/mol. The van der Waals surface area contributed by atoms with Crippen molar-refractivity contribution in [1.29, 1.82) is 0 Å². The van der Waals surface area contributed by atoms with E-state index in [2.05, 4.69) is 32.9 Å². The Balaban J connectivity index is 2.10. The van der Waals surface area contributed by atoms with Crippen LogP contribution in [0.5, 0.6) is 0 Å². The van der Waals surface area contributed by atoms with Gasteiger partial charge in [-0.3, -0.25) is 9.48 Å². The maximum Gasteiger partial charge on any atom is 0.169 e. The summed E-state index contributed by atoms with van der Waals surface area (Å²) in [4.78, 5) is 11.8. The summed E-state index contributed by atoms with van der Waals surface area (Å²) < 4.78 is 2.72. The molecular weight excluding hydrogens is 325 g/mol. The number of rotatable bonds is 3. The molecule has 0 saturated heterocycles. The summed E-state index contributed by atoms with van der Waals surface area (Å²) in [5.41, 5.74) is 1.47. The Morgan fingerprint density at radius 2 is 2.47 bits per heavy atom. The topological polar surface area (TPSA) is 47.8 Å². The normalized spacial score (nSPS) is 10.5. The number of aryl methyl sites for hydroxylation is 1. The lowest BCUT2D eigenvalue weighted by Crippen LogP contribution is -2.02. The molecule has 2 heterocycles. The van der Waals surface area contributed by atoms with Crippen LogP contribution in [0.2, 0.25) is 0 Å². The summed E-state index contributed by atoms with van der Waals surface area (Å²) in [6.07, 6.45) is 2.08. The first-order valence-electron chi connectivity index (χ1n) is 4.27. The minimum atomic E-state index is 0.0923. The highest BCUT2D eigenvalue weighted by Crippen LogP contribution is 2.17. The van der Waals surface area contributed by atoms with Crippen LogP contribution < -0.4 is 0 Å². The first-order chi connectivity index (χ1) is 7.15. The van der Waals surface area contributed by atoms with Crippen LogP contribution in [0.15, 0.2) is 17.6 Å². The van der Waals surface area contributed by atoms with Crippen LogP contribution in [-0.4, -0.2) is 20.8 Å². The number of aromatic nitrogens is 3. The molecule has 2 rings (SSSR count). The van der Waals surface area contributed by atoms with Crippen molar-refractivity contribution in [1.82, 2.24) is 15.0 Å². The second-order valence-electron chi connectivity index (χ2n) is 3.12. The van der Waals surface area contributed by atoms with Gasteiger partial charge in [0.15, 0.2) is 5.78 Å². The number of halogens is 1. The quantitative estimate of drug-likeness (QED) is 0.637. The number of carbonyl (C=O) groups is 1. The number of hydrogen-bond donors (Lipinski definition) is 0. The number of thiophene rings is 1. The molecule has 0 spiro atoms. The molecule has 0 aliphatic carbocycles. The third-order valence-electron chi connectivity index (χ3n) is 1.88. The predicted octanol–water partition coefficient (Wildman–Crippen LogP) is 1.91. The molecule has 0 atom stereocenters. The molecule has 0 amide bonds. The molecule has 0 saturated carbocycles. The number of nitrogens with zero attached hydrogens (tertiary/aromatic N) is 3. The van der Waals surface area contributed by atoms with Crippen LogP contribution in [0.1, 0.15) is 16.1 Å². The largest absolute Gasteiger partial charge is 0.294 e. The molecule has 0 fully saturated rings. The summed E-state index contributed by atoms with van der Waals surface area (Å²) in [7, 11) is 1.79. The first-order valence-corrected chi connectivity index (χ1v) is 6.23. The van der Waals surface area contributed by atoms with E-state index in [-0.39, 0.29) is 5.78 Å². The molecule has 15 heavy (non-hydrogen) atoms. The Morgan fingerprint density at radius 3 is 3.00 bits per heavy atom. The molecular formula is C9H8IN3OS. The molecule has 0 aromatic carbocycles. The van der Waals surface area contributed by atoms with Gasteiger partial charge in [-0.15, -0.1) is 16.4 Å². The van der Waals surface area contributed by atoms with Gasteiger partial charge in [-0.2, -0.15) is 0 Å². The number of hydrogen-bond acceptors (Lipinski definition) is 4. The fraction of sp³-hybridized carbons (Fsp3) is 0.222. The fourth-order valence-electron chi connectivity index (χ4n) is 1.20. The van der Waals surface area contributed by atoms with Crippen LogP contribution in [0.4, 0.5) is 0 Å². The summed E-state index contributed by atoms with van der Waals surface area (Å²) >= 11 is 3.78. The van der Waals surface area contributed by atoms with Gasteiger partial charge in [-0.1, -0.05) is 5.21 Å². The van der Waals surface area contributed by atoms with Crippen molar-refractivity contribution in [3.05, 3.63) is 31.8 Å². The lowest BCUT2D eigenvalue weighted by atomic mass is 10.1.